The average Bonchev–Trinajstić information content (AvgIpc) is 3.38. The first-order valence-electron chi connectivity index (χ1n) is 13.4. The lowest BCUT2D eigenvalue weighted by atomic mass is 10.1. The molecule has 2 aliphatic heterocycles. The van der Waals surface area contributed by atoms with Gasteiger partial charge in [0.05, 0.1) is 23.5 Å². The van der Waals surface area contributed by atoms with Gasteiger partial charge < -0.3 is 14.4 Å². The highest BCUT2D eigenvalue weighted by Gasteiger charge is 2.27. The molecule has 0 unspecified atom stereocenters. The van der Waals surface area contributed by atoms with Crippen molar-refractivity contribution in [3.05, 3.63) is 77.5 Å². The van der Waals surface area contributed by atoms with Crippen LogP contribution in [0.2, 0.25) is 0 Å². The Hall–Kier alpha value is -3.91. The van der Waals surface area contributed by atoms with Gasteiger partial charge >= 0.3 is 5.97 Å². The lowest BCUT2D eigenvalue weighted by Gasteiger charge is -2.36. The molecule has 1 fully saturated rings. The van der Waals surface area contributed by atoms with Crippen LogP contribution >= 0.6 is 0 Å². The maximum atomic E-state index is 12.3. The monoisotopic (exact) mass is 511 g/mol. The summed E-state index contributed by atoms with van der Waals surface area (Å²) in [6, 6.07) is 16.9. The van der Waals surface area contributed by atoms with Crippen LogP contribution in [0.1, 0.15) is 40.8 Å². The molecule has 4 heterocycles. The van der Waals surface area contributed by atoms with E-state index in [-0.39, 0.29) is 0 Å². The molecule has 0 radical (unpaired) electrons. The summed E-state index contributed by atoms with van der Waals surface area (Å²) >= 11 is 0. The number of pyridine rings is 1. The van der Waals surface area contributed by atoms with Crippen molar-refractivity contribution in [1.29, 1.82) is 0 Å². The van der Waals surface area contributed by atoms with Crippen molar-refractivity contribution in [2.75, 3.05) is 44.2 Å². The van der Waals surface area contributed by atoms with Gasteiger partial charge in [0.25, 0.3) is 0 Å². The number of rotatable bonds is 7. The van der Waals surface area contributed by atoms with Crippen LogP contribution in [0.4, 0.5) is 5.69 Å². The van der Waals surface area contributed by atoms with Crippen LogP contribution in [0.15, 0.2) is 54.9 Å². The third-order valence-corrected chi connectivity index (χ3v) is 7.51. The summed E-state index contributed by atoms with van der Waals surface area (Å²) in [4.78, 5) is 26.3. The second-order valence-electron chi connectivity index (χ2n) is 9.91. The molecule has 0 amide bonds. The first-order valence-corrected chi connectivity index (χ1v) is 13.4. The van der Waals surface area contributed by atoms with Crippen molar-refractivity contribution < 1.29 is 14.3 Å². The lowest BCUT2D eigenvalue weighted by molar-refractivity contribution is 0.0516. The summed E-state index contributed by atoms with van der Waals surface area (Å²) < 4.78 is 13.3. The van der Waals surface area contributed by atoms with E-state index in [9.17, 15) is 4.79 Å². The molecule has 196 valence electrons. The fourth-order valence-corrected chi connectivity index (χ4v) is 5.58. The van der Waals surface area contributed by atoms with Gasteiger partial charge in [-0.3, -0.25) is 14.5 Å². The molecule has 38 heavy (non-hydrogen) atoms. The molecule has 8 nitrogen and oxygen atoms in total. The number of benzene rings is 2. The lowest BCUT2D eigenvalue weighted by Crippen LogP contribution is -2.46. The first kappa shape index (κ1) is 24.4. The van der Waals surface area contributed by atoms with Crippen molar-refractivity contribution in [2.45, 2.75) is 33.3 Å². The normalized spacial score (nSPS) is 15.2. The van der Waals surface area contributed by atoms with Crippen molar-refractivity contribution >= 4 is 22.6 Å². The van der Waals surface area contributed by atoms with Crippen molar-refractivity contribution in [3.8, 4) is 11.4 Å². The van der Waals surface area contributed by atoms with Crippen molar-refractivity contribution in [3.63, 3.8) is 0 Å². The molecule has 2 aromatic heterocycles. The van der Waals surface area contributed by atoms with Crippen LogP contribution in [0, 0.1) is 6.92 Å². The van der Waals surface area contributed by atoms with Gasteiger partial charge in [-0.25, -0.2) is 9.78 Å². The van der Waals surface area contributed by atoms with Crippen molar-refractivity contribution in [2.24, 2.45) is 0 Å². The number of carbonyl (C=O) groups is 1. The quantitative estimate of drug-likeness (QED) is 0.337. The van der Waals surface area contributed by atoms with E-state index in [1.807, 2.05) is 17.6 Å². The largest absolute Gasteiger partial charge is 0.485 e. The molecule has 2 aromatic carbocycles. The van der Waals surface area contributed by atoms with Crippen LogP contribution in [0.3, 0.4) is 0 Å². The third-order valence-electron chi connectivity index (χ3n) is 7.51. The molecule has 0 N–H and O–H groups in total. The van der Waals surface area contributed by atoms with Gasteiger partial charge in [-0.2, -0.15) is 0 Å². The zero-order chi connectivity index (χ0) is 26.1. The van der Waals surface area contributed by atoms with E-state index in [2.05, 4.69) is 57.2 Å². The van der Waals surface area contributed by atoms with E-state index < -0.39 is 5.97 Å². The Bertz CT molecular complexity index is 1470. The molecule has 0 spiro atoms. The number of hydrogen-bond acceptors (Lipinski definition) is 7. The Balaban J connectivity index is 1.07. The zero-order valence-electron chi connectivity index (χ0n) is 22.0. The van der Waals surface area contributed by atoms with Crippen LogP contribution in [0.5, 0.6) is 5.75 Å². The zero-order valence-corrected chi connectivity index (χ0v) is 22.0. The highest BCUT2D eigenvalue weighted by molar-refractivity contribution is 5.92. The maximum absolute atomic E-state index is 12.3. The van der Waals surface area contributed by atoms with Gasteiger partial charge in [0, 0.05) is 42.9 Å². The Morgan fingerprint density at radius 3 is 2.68 bits per heavy atom. The number of fused-ring (bicyclic) bond motifs is 4. The summed E-state index contributed by atoms with van der Waals surface area (Å²) in [5, 5.41) is 1.23. The number of aryl methyl sites for hydroxylation is 2. The van der Waals surface area contributed by atoms with Crippen LogP contribution in [-0.4, -0.2) is 64.7 Å². The minimum Gasteiger partial charge on any atom is -0.485 e. The molecule has 0 saturated carbocycles. The van der Waals surface area contributed by atoms with Gasteiger partial charge in [0.2, 0.25) is 0 Å². The predicted molar refractivity (Wildman–Crippen MR) is 147 cm³/mol. The van der Waals surface area contributed by atoms with Gasteiger partial charge in [-0.1, -0.05) is 18.2 Å². The molecule has 2 aliphatic rings. The van der Waals surface area contributed by atoms with Gasteiger partial charge in [-0.15, -0.1) is 0 Å². The fourth-order valence-electron chi connectivity index (χ4n) is 5.58. The van der Waals surface area contributed by atoms with Crippen LogP contribution in [0.25, 0.3) is 16.6 Å². The molecule has 6 rings (SSSR count). The highest BCUT2D eigenvalue weighted by Crippen LogP contribution is 2.35. The van der Waals surface area contributed by atoms with E-state index in [4.69, 9.17) is 14.5 Å². The number of nitrogens with zero attached hydrogens (tertiary/aromatic N) is 5. The van der Waals surface area contributed by atoms with Crippen LogP contribution < -0.4 is 9.64 Å². The summed E-state index contributed by atoms with van der Waals surface area (Å²) in [6.07, 6.45) is 3.69. The van der Waals surface area contributed by atoms with E-state index >= 15 is 0 Å². The standard InChI is InChI=1S/C30H33N5O3/c1-3-37-30(36)28-27-19-38-29-22(7-4-11-26(29)35(27)20-31-28)8-6-14-33-15-17-34(18-16-33)25-10-5-9-24-23(25)13-12-21(2)32-24/h4-5,7,9-13,20H,3,6,8,14-19H2,1-2H3. The Kier molecular flexibility index (Phi) is 6.72. The second kappa shape index (κ2) is 10.5. The van der Waals surface area contributed by atoms with Crippen molar-refractivity contribution in [1.82, 2.24) is 19.4 Å². The third kappa shape index (κ3) is 4.60. The van der Waals surface area contributed by atoms with Gasteiger partial charge in [0.1, 0.15) is 18.7 Å². The Morgan fingerprint density at radius 2 is 1.84 bits per heavy atom. The van der Waals surface area contributed by atoms with Crippen LogP contribution in [-0.2, 0) is 17.8 Å². The second-order valence-corrected chi connectivity index (χ2v) is 9.91. The molecular weight excluding hydrogens is 478 g/mol. The smallest absolute Gasteiger partial charge is 0.358 e. The number of carbonyl (C=O) groups excluding carboxylic acids is 1. The number of imidazole rings is 1. The molecule has 0 aliphatic carbocycles. The maximum Gasteiger partial charge on any atom is 0.358 e. The van der Waals surface area contributed by atoms with Gasteiger partial charge in [0.15, 0.2) is 5.69 Å². The average molecular weight is 512 g/mol. The number of ether oxygens (including phenoxy) is 2. The van der Waals surface area contributed by atoms with E-state index in [0.717, 1.165) is 73.9 Å². The molecule has 8 heteroatoms. The minimum atomic E-state index is -0.406. The predicted octanol–water partition coefficient (Wildman–Crippen LogP) is 4.55. The van der Waals surface area contributed by atoms with Gasteiger partial charge in [-0.05, 0) is 69.1 Å². The molecule has 4 aromatic rings. The number of esters is 1. The number of aromatic nitrogens is 3. The Morgan fingerprint density at radius 1 is 1.03 bits per heavy atom. The topological polar surface area (TPSA) is 72.7 Å². The first-order chi connectivity index (χ1) is 18.6. The number of piperazine rings is 1. The number of anilines is 1. The summed E-state index contributed by atoms with van der Waals surface area (Å²) in [5.41, 5.74) is 6.60. The summed E-state index contributed by atoms with van der Waals surface area (Å²) in [5.74, 6) is 0.481. The summed E-state index contributed by atoms with van der Waals surface area (Å²) in [7, 11) is 0. The molecular formula is C30H33N5O3. The van der Waals surface area contributed by atoms with E-state index in [1.54, 1.807) is 13.3 Å². The number of hydrogen-bond donors (Lipinski definition) is 0. The highest BCUT2D eigenvalue weighted by atomic mass is 16.5. The summed E-state index contributed by atoms with van der Waals surface area (Å²) in [6.45, 7) is 9.65. The van der Waals surface area contributed by atoms with E-state index in [0.29, 0.717) is 18.9 Å². The fraction of sp³-hybridized carbons (Fsp3) is 0.367. The minimum absolute atomic E-state index is 0.309. The molecule has 1 saturated heterocycles. The van der Waals surface area contributed by atoms with E-state index in [1.165, 1.54) is 16.6 Å². The molecule has 0 atom stereocenters. The Labute approximate surface area is 222 Å². The molecule has 0 bridgehead atoms. The SMILES string of the molecule is CCOC(=O)c1ncn2c1COc1c(CCCN3CCN(c4cccc5nc(C)ccc45)CC3)cccc1-2. The number of para-hydroxylation sites is 1.